The number of ether oxygens (including phenoxy) is 3. The van der Waals surface area contributed by atoms with Crippen molar-refractivity contribution >= 4 is 17.9 Å². The van der Waals surface area contributed by atoms with E-state index in [-0.39, 0.29) is 11.8 Å². The monoisotopic (exact) mass is 454 g/mol. The predicted molar refractivity (Wildman–Crippen MR) is 109 cm³/mol. The highest BCUT2D eigenvalue weighted by atomic mass is 19.4. The third-order valence-corrected chi connectivity index (χ3v) is 5.90. The number of hydrogen-bond donors (Lipinski definition) is 0. The van der Waals surface area contributed by atoms with Crippen LogP contribution in [0.15, 0.2) is 0 Å². The maximum absolute atomic E-state index is 13.0. The SMILES string of the molecule is CCC(C)(CC(C)(C)C(=O)OCC(=O)OC(C)C(F)(F)F)C(=O)OC(C)(C)C(C)(C)C. The average molecular weight is 455 g/mol. The second-order valence-electron chi connectivity index (χ2n) is 10.4. The van der Waals surface area contributed by atoms with Gasteiger partial charge in [-0.3, -0.25) is 9.59 Å². The molecule has 2 atom stereocenters. The lowest BCUT2D eigenvalue weighted by atomic mass is 9.72. The first-order chi connectivity index (χ1) is 13.6. The zero-order valence-corrected chi connectivity index (χ0v) is 20.3. The van der Waals surface area contributed by atoms with Gasteiger partial charge < -0.3 is 14.2 Å². The van der Waals surface area contributed by atoms with Crippen LogP contribution in [0.1, 0.15) is 82.1 Å². The fourth-order valence-corrected chi connectivity index (χ4v) is 2.51. The molecule has 0 aliphatic heterocycles. The number of halogens is 3. The summed E-state index contributed by atoms with van der Waals surface area (Å²) in [6, 6.07) is 0. The molecule has 6 nitrogen and oxygen atoms in total. The van der Waals surface area contributed by atoms with Crippen molar-refractivity contribution in [3.05, 3.63) is 0 Å². The maximum Gasteiger partial charge on any atom is 0.425 e. The molecule has 0 saturated carbocycles. The molecule has 31 heavy (non-hydrogen) atoms. The van der Waals surface area contributed by atoms with Crippen LogP contribution in [0, 0.1) is 16.2 Å². The second kappa shape index (κ2) is 9.77. The van der Waals surface area contributed by atoms with Crippen molar-refractivity contribution in [2.75, 3.05) is 6.61 Å². The molecular weight excluding hydrogens is 417 g/mol. The van der Waals surface area contributed by atoms with E-state index < -0.39 is 53.2 Å². The Balaban J connectivity index is 5.18. The van der Waals surface area contributed by atoms with E-state index in [2.05, 4.69) is 4.74 Å². The topological polar surface area (TPSA) is 78.9 Å². The molecule has 0 aromatic rings. The maximum atomic E-state index is 13.0. The molecule has 0 amide bonds. The molecule has 0 heterocycles. The molecular formula is C22H37F3O6. The standard InChI is InChI=1S/C22H37F3O6/c1-11-21(10,17(28)31-20(8,9)18(3,4)5)13-19(6,7)16(27)29-12-15(26)30-14(2)22(23,24)25/h14H,11-13H2,1-10H3. The van der Waals surface area contributed by atoms with Gasteiger partial charge in [0, 0.05) is 5.41 Å². The number of alkyl halides is 3. The van der Waals surface area contributed by atoms with E-state index in [0.29, 0.717) is 13.3 Å². The van der Waals surface area contributed by atoms with Crippen LogP contribution < -0.4 is 0 Å². The first kappa shape index (κ1) is 29.2. The molecule has 0 saturated heterocycles. The smallest absolute Gasteiger partial charge is 0.425 e. The van der Waals surface area contributed by atoms with Crippen LogP contribution >= 0.6 is 0 Å². The van der Waals surface area contributed by atoms with Gasteiger partial charge in [-0.15, -0.1) is 0 Å². The Morgan fingerprint density at radius 2 is 1.35 bits per heavy atom. The lowest BCUT2D eigenvalue weighted by Crippen LogP contribution is -2.46. The minimum absolute atomic E-state index is 0.0579. The number of rotatable bonds is 9. The summed E-state index contributed by atoms with van der Waals surface area (Å²) in [6.07, 6.45) is -6.57. The highest BCUT2D eigenvalue weighted by Gasteiger charge is 2.46. The van der Waals surface area contributed by atoms with Gasteiger partial charge in [0.25, 0.3) is 0 Å². The van der Waals surface area contributed by atoms with Crippen molar-refractivity contribution in [2.24, 2.45) is 16.2 Å². The summed E-state index contributed by atoms with van der Waals surface area (Å²) < 4.78 is 52.3. The lowest BCUT2D eigenvalue weighted by molar-refractivity contribution is -0.218. The molecule has 0 rings (SSSR count). The molecule has 0 bridgehead atoms. The van der Waals surface area contributed by atoms with E-state index in [9.17, 15) is 27.6 Å². The molecule has 0 aliphatic carbocycles. The van der Waals surface area contributed by atoms with Crippen LogP contribution in [0.2, 0.25) is 0 Å². The third kappa shape index (κ3) is 8.33. The Labute approximate surface area is 183 Å². The van der Waals surface area contributed by atoms with Crippen molar-refractivity contribution < 1.29 is 41.8 Å². The second-order valence-corrected chi connectivity index (χ2v) is 10.4. The van der Waals surface area contributed by atoms with Crippen LogP contribution in [0.25, 0.3) is 0 Å². The van der Waals surface area contributed by atoms with Crippen molar-refractivity contribution in [1.82, 2.24) is 0 Å². The molecule has 0 fully saturated rings. The van der Waals surface area contributed by atoms with Crippen molar-refractivity contribution in [3.63, 3.8) is 0 Å². The Morgan fingerprint density at radius 1 is 0.871 bits per heavy atom. The fourth-order valence-electron chi connectivity index (χ4n) is 2.51. The number of hydrogen-bond acceptors (Lipinski definition) is 6. The highest BCUT2D eigenvalue weighted by molar-refractivity contribution is 5.82. The Morgan fingerprint density at radius 3 is 1.74 bits per heavy atom. The molecule has 0 aromatic heterocycles. The number of esters is 3. The Kier molecular flexibility index (Phi) is 9.21. The summed E-state index contributed by atoms with van der Waals surface area (Å²) in [5, 5.41) is 0. The lowest BCUT2D eigenvalue weighted by Gasteiger charge is -2.42. The van der Waals surface area contributed by atoms with Crippen LogP contribution in [0.3, 0.4) is 0 Å². The zero-order chi connectivity index (χ0) is 25.1. The van der Waals surface area contributed by atoms with Gasteiger partial charge in [-0.25, -0.2) is 4.79 Å². The third-order valence-electron chi connectivity index (χ3n) is 5.90. The van der Waals surface area contributed by atoms with E-state index in [1.807, 2.05) is 34.6 Å². The van der Waals surface area contributed by atoms with Crippen molar-refractivity contribution in [2.45, 2.75) is 100.0 Å². The van der Waals surface area contributed by atoms with E-state index in [1.165, 1.54) is 13.8 Å². The van der Waals surface area contributed by atoms with Gasteiger partial charge in [0.1, 0.15) is 5.60 Å². The van der Waals surface area contributed by atoms with Gasteiger partial charge in [0.05, 0.1) is 10.8 Å². The van der Waals surface area contributed by atoms with Gasteiger partial charge in [0.15, 0.2) is 12.7 Å². The fraction of sp³-hybridized carbons (Fsp3) is 0.864. The van der Waals surface area contributed by atoms with Gasteiger partial charge in [-0.2, -0.15) is 13.2 Å². The predicted octanol–water partition coefficient (Wildman–Crippen LogP) is 5.22. The summed E-state index contributed by atoms with van der Waals surface area (Å²) >= 11 is 0. The van der Waals surface area contributed by atoms with Crippen LogP contribution in [-0.2, 0) is 28.6 Å². The summed E-state index contributed by atoms with van der Waals surface area (Å²) in [4.78, 5) is 37.1. The van der Waals surface area contributed by atoms with E-state index in [0.717, 1.165) is 0 Å². The van der Waals surface area contributed by atoms with Gasteiger partial charge in [-0.05, 0) is 54.4 Å². The van der Waals surface area contributed by atoms with E-state index >= 15 is 0 Å². The molecule has 0 aromatic carbocycles. The Bertz CT molecular complexity index is 661. The van der Waals surface area contributed by atoms with Crippen molar-refractivity contribution in [3.8, 4) is 0 Å². The zero-order valence-electron chi connectivity index (χ0n) is 20.3. The summed E-state index contributed by atoms with van der Waals surface area (Å²) in [6.45, 7) is 15.8. The van der Waals surface area contributed by atoms with Crippen LogP contribution in [0.4, 0.5) is 13.2 Å². The largest absolute Gasteiger partial charge is 0.459 e. The molecule has 0 radical (unpaired) electrons. The van der Waals surface area contributed by atoms with Gasteiger partial charge in [0.2, 0.25) is 0 Å². The van der Waals surface area contributed by atoms with Crippen molar-refractivity contribution in [1.29, 1.82) is 0 Å². The average Bonchev–Trinajstić information content (AvgIpc) is 2.56. The number of carbonyl (C=O) groups excluding carboxylic acids is 3. The first-order valence-electron chi connectivity index (χ1n) is 10.3. The molecule has 0 N–H and O–H groups in total. The normalized spacial score (nSPS) is 16.2. The molecule has 2 unspecified atom stereocenters. The van der Waals surface area contributed by atoms with E-state index in [4.69, 9.17) is 9.47 Å². The minimum Gasteiger partial charge on any atom is -0.459 e. The molecule has 9 heteroatoms. The molecule has 0 aliphatic rings. The minimum atomic E-state index is -4.71. The van der Waals surface area contributed by atoms with E-state index in [1.54, 1.807) is 13.8 Å². The van der Waals surface area contributed by atoms with Crippen LogP contribution in [-0.4, -0.2) is 42.4 Å². The molecule has 0 spiro atoms. The van der Waals surface area contributed by atoms with Gasteiger partial charge >= 0.3 is 24.1 Å². The highest BCUT2D eigenvalue weighted by Crippen LogP contribution is 2.41. The first-order valence-corrected chi connectivity index (χ1v) is 10.3. The number of carbonyl (C=O) groups is 3. The quantitative estimate of drug-likeness (QED) is 0.351. The summed E-state index contributed by atoms with van der Waals surface area (Å²) in [7, 11) is 0. The summed E-state index contributed by atoms with van der Waals surface area (Å²) in [5.41, 5.74) is -3.30. The van der Waals surface area contributed by atoms with Gasteiger partial charge in [-0.1, -0.05) is 27.7 Å². The Hall–Kier alpha value is -1.80. The summed E-state index contributed by atoms with van der Waals surface area (Å²) in [5.74, 6) is -2.60. The van der Waals surface area contributed by atoms with Crippen LogP contribution in [0.5, 0.6) is 0 Å². The molecule has 182 valence electrons.